The maximum atomic E-state index is 13.1. The molecule has 1 N–H and O–H groups in total. The molecule has 0 aliphatic heterocycles. The molecule has 0 saturated heterocycles. The first-order valence-electron chi connectivity index (χ1n) is 5.86. The van der Waals surface area contributed by atoms with Crippen molar-refractivity contribution in [2.75, 3.05) is 5.32 Å². The second kappa shape index (κ2) is 5.56. The van der Waals surface area contributed by atoms with Crippen molar-refractivity contribution in [1.82, 2.24) is 4.98 Å². The summed E-state index contributed by atoms with van der Waals surface area (Å²) in [6, 6.07) is 9.97. The molecule has 0 atom stereocenters. The minimum absolute atomic E-state index is 0.269. The summed E-state index contributed by atoms with van der Waals surface area (Å²) in [5.41, 5.74) is 1.42. The van der Waals surface area contributed by atoms with Crippen LogP contribution >= 0.6 is 34.5 Å². The number of anilines is 1. The molecular weight excluding hydrogens is 318 g/mol. The highest BCUT2D eigenvalue weighted by atomic mass is 35.5. The highest BCUT2D eigenvalue weighted by molar-refractivity contribution is 7.18. The fourth-order valence-electron chi connectivity index (χ4n) is 1.83. The molecule has 3 rings (SSSR count). The smallest absolute Gasteiger partial charge is 0.125 e. The summed E-state index contributed by atoms with van der Waals surface area (Å²) < 4.78 is 14.1. The van der Waals surface area contributed by atoms with Crippen LogP contribution in [0, 0.1) is 5.82 Å². The van der Waals surface area contributed by atoms with E-state index in [9.17, 15) is 4.39 Å². The van der Waals surface area contributed by atoms with Crippen molar-refractivity contribution in [3.05, 3.63) is 57.3 Å². The molecule has 0 unspecified atom stereocenters. The van der Waals surface area contributed by atoms with Crippen molar-refractivity contribution in [3.8, 4) is 0 Å². The second-order valence-corrected chi connectivity index (χ2v) is 6.08. The highest BCUT2D eigenvalue weighted by Gasteiger charge is 2.10. The summed E-state index contributed by atoms with van der Waals surface area (Å²) >= 11 is 13.6. The molecule has 0 fully saturated rings. The molecule has 0 bridgehead atoms. The summed E-state index contributed by atoms with van der Waals surface area (Å²) in [6.45, 7) is 0.511. The van der Waals surface area contributed by atoms with E-state index >= 15 is 0 Å². The molecule has 102 valence electrons. The fourth-order valence-corrected chi connectivity index (χ4v) is 3.17. The van der Waals surface area contributed by atoms with E-state index in [2.05, 4.69) is 10.3 Å². The van der Waals surface area contributed by atoms with Gasteiger partial charge in [-0.1, -0.05) is 29.3 Å². The van der Waals surface area contributed by atoms with Crippen LogP contribution < -0.4 is 5.32 Å². The number of nitrogens with one attached hydrogen (secondary N) is 1. The fraction of sp³-hybridized carbons (Fsp3) is 0.0714. The lowest BCUT2D eigenvalue weighted by Gasteiger charge is -2.03. The van der Waals surface area contributed by atoms with E-state index in [0.29, 0.717) is 27.8 Å². The van der Waals surface area contributed by atoms with Gasteiger partial charge in [-0.3, -0.25) is 0 Å². The zero-order valence-electron chi connectivity index (χ0n) is 10.2. The van der Waals surface area contributed by atoms with Crippen LogP contribution in [-0.2, 0) is 6.54 Å². The molecule has 2 aromatic carbocycles. The van der Waals surface area contributed by atoms with Crippen LogP contribution in [0.2, 0.25) is 10.0 Å². The van der Waals surface area contributed by atoms with Crippen molar-refractivity contribution in [3.63, 3.8) is 0 Å². The lowest BCUT2D eigenvalue weighted by molar-refractivity contribution is 0.628. The van der Waals surface area contributed by atoms with Gasteiger partial charge in [0.25, 0.3) is 0 Å². The zero-order valence-corrected chi connectivity index (χ0v) is 12.5. The standard InChI is InChI=1S/C14H9Cl2FN2S/c15-10-4-5-11-14(13(10)16)19-12(20-11)7-18-9-3-1-2-8(17)6-9/h1-6,18H,7H2. The van der Waals surface area contributed by atoms with Crippen molar-refractivity contribution < 1.29 is 4.39 Å². The van der Waals surface area contributed by atoms with Crippen LogP contribution in [0.25, 0.3) is 10.2 Å². The van der Waals surface area contributed by atoms with E-state index in [1.807, 2.05) is 6.07 Å². The minimum atomic E-state index is -0.269. The Hall–Kier alpha value is -1.36. The third kappa shape index (κ3) is 2.73. The van der Waals surface area contributed by atoms with Crippen molar-refractivity contribution in [2.45, 2.75) is 6.54 Å². The predicted molar refractivity (Wildman–Crippen MR) is 83.4 cm³/mol. The Morgan fingerprint density at radius 2 is 2.05 bits per heavy atom. The van der Waals surface area contributed by atoms with Crippen LogP contribution in [0.3, 0.4) is 0 Å². The molecule has 2 nitrogen and oxygen atoms in total. The van der Waals surface area contributed by atoms with Gasteiger partial charge in [0.15, 0.2) is 0 Å². The third-order valence-corrected chi connectivity index (χ3v) is 4.58. The normalized spacial score (nSPS) is 10.9. The summed E-state index contributed by atoms with van der Waals surface area (Å²) in [5.74, 6) is -0.269. The lowest BCUT2D eigenvalue weighted by Crippen LogP contribution is -1.98. The largest absolute Gasteiger partial charge is 0.378 e. The Morgan fingerprint density at radius 3 is 2.85 bits per heavy atom. The number of hydrogen-bond acceptors (Lipinski definition) is 3. The Labute approximate surface area is 129 Å². The molecule has 6 heteroatoms. The van der Waals surface area contributed by atoms with Crippen LogP contribution in [0.4, 0.5) is 10.1 Å². The number of rotatable bonds is 3. The second-order valence-electron chi connectivity index (χ2n) is 4.18. The number of nitrogens with zero attached hydrogens (tertiary/aromatic N) is 1. The highest BCUT2D eigenvalue weighted by Crippen LogP contribution is 2.33. The van der Waals surface area contributed by atoms with Gasteiger partial charge < -0.3 is 5.32 Å². The Morgan fingerprint density at radius 1 is 1.20 bits per heavy atom. The van der Waals surface area contributed by atoms with Gasteiger partial charge in [0.1, 0.15) is 16.3 Å². The van der Waals surface area contributed by atoms with Gasteiger partial charge in [-0.15, -0.1) is 11.3 Å². The summed E-state index contributed by atoms with van der Waals surface area (Å²) in [7, 11) is 0. The van der Waals surface area contributed by atoms with Crippen LogP contribution in [0.15, 0.2) is 36.4 Å². The number of aromatic nitrogens is 1. The molecule has 0 amide bonds. The maximum absolute atomic E-state index is 13.1. The van der Waals surface area contributed by atoms with Gasteiger partial charge in [-0.25, -0.2) is 9.37 Å². The SMILES string of the molecule is Fc1cccc(NCc2nc3c(Cl)c(Cl)ccc3s2)c1. The topological polar surface area (TPSA) is 24.9 Å². The van der Waals surface area contributed by atoms with Crippen molar-refractivity contribution in [1.29, 1.82) is 0 Å². The Balaban J connectivity index is 1.83. The molecule has 0 radical (unpaired) electrons. The number of halogens is 3. The molecule has 3 aromatic rings. The molecule has 0 saturated carbocycles. The molecule has 0 aliphatic rings. The first-order chi connectivity index (χ1) is 9.63. The van der Waals surface area contributed by atoms with Crippen LogP contribution in [0.1, 0.15) is 5.01 Å². The van der Waals surface area contributed by atoms with Gasteiger partial charge >= 0.3 is 0 Å². The molecule has 1 heterocycles. The minimum Gasteiger partial charge on any atom is -0.378 e. The number of fused-ring (bicyclic) bond motifs is 1. The first-order valence-corrected chi connectivity index (χ1v) is 7.43. The van der Waals surface area contributed by atoms with Gasteiger partial charge in [0.05, 0.1) is 21.3 Å². The van der Waals surface area contributed by atoms with E-state index in [1.54, 1.807) is 18.2 Å². The Bertz CT molecular complexity index is 773. The van der Waals surface area contributed by atoms with E-state index in [0.717, 1.165) is 9.71 Å². The average Bonchev–Trinajstić information content (AvgIpc) is 2.85. The zero-order chi connectivity index (χ0) is 14.1. The third-order valence-electron chi connectivity index (χ3n) is 2.76. The number of hydrogen-bond donors (Lipinski definition) is 1. The summed E-state index contributed by atoms with van der Waals surface area (Å²) in [6.07, 6.45) is 0. The Kier molecular flexibility index (Phi) is 3.78. The number of benzene rings is 2. The molecule has 1 aromatic heterocycles. The van der Waals surface area contributed by atoms with E-state index < -0.39 is 0 Å². The summed E-state index contributed by atoms with van der Waals surface area (Å²) in [4.78, 5) is 4.46. The van der Waals surface area contributed by atoms with Gasteiger partial charge in [-0.05, 0) is 30.3 Å². The van der Waals surface area contributed by atoms with Crippen LogP contribution in [0.5, 0.6) is 0 Å². The maximum Gasteiger partial charge on any atom is 0.125 e. The van der Waals surface area contributed by atoms with Crippen LogP contribution in [-0.4, -0.2) is 4.98 Å². The van der Waals surface area contributed by atoms with Crippen molar-refractivity contribution >= 4 is 50.4 Å². The van der Waals surface area contributed by atoms with Gasteiger partial charge in [-0.2, -0.15) is 0 Å². The average molecular weight is 327 g/mol. The molecular formula is C14H9Cl2FN2S. The van der Waals surface area contributed by atoms with E-state index in [1.165, 1.54) is 23.5 Å². The number of thiazole rings is 1. The molecule has 20 heavy (non-hydrogen) atoms. The summed E-state index contributed by atoms with van der Waals surface area (Å²) in [5, 5.41) is 4.96. The van der Waals surface area contributed by atoms with E-state index in [4.69, 9.17) is 23.2 Å². The van der Waals surface area contributed by atoms with Gasteiger partial charge in [0, 0.05) is 5.69 Å². The first kappa shape index (κ1) is 13.6. The van der Waals surface area contributed by atoms with Gasteiger partial charge in [0.2, 0.25) is 0 Å². The monoisotopic (exact) mass is 326 g/mol. The molecule has 0 spiro atoms. The van der Waals surface area contributed by atoms with E-state index in [-0.39, 0.29) is 5.82 Å². The predicted octanol–water partition coefficient (Wildman–Crippen LogP) is 5.35. The molecule has 0 aliphatic carbocycles. The van der Waals surface area contributed by atoms with Crippen molar-refractivity contribution in [2.24, 2.45) is 0 Å². The lowest BCUT2D eigenvalue weighted by atomic mass is 10.3. The quantitative estimate of drug-likeness (QED) is 0.701.